The molecule has 2 aromatic heterocycles. The predicted octanol–water partition coefficient (Wildman–Crippen LogP) is 0.918. The van der Waals surface area contributed by atoms with Crippen molar-refractivity contribution in [3.63, 3.8) is 0 Å². The van der Waals surface area contributed by atoms with Crippen LogP contribution in [0.1, 0.15) is 15.9 Å². The van der Waals surface area contributed by atoms with E-state index in [1.165, 1.54) is 10.7 Å². The van der Waals surface area contributed by atoms with Gasteiger partial charge in [-0.15, -0.1) is 0 Å². The van der Waals surface area contributed by atoms with Crippen molar-refractivity contribution >= 4 is 5.91 Å². The lowest BCUT2D eigenvalue weighted by atomic mass is 10.1. The van der Waals surface area contributed by atoms with Crippen LogP contribution in [-0.4, -0.2) is 31.8 Å². The van der Waals surface area contributed by atoms with Crippen LogP contribution in [0.3, 0.4) is 0 Å². The van der Waals surface area contributed by atoms with E-state index in [1.54, 1.807) is 36.9 Å². The Labute approximate surface area is 138 Å². The number of nitrogens with zero attached hydrogens (tertiary/aromatic N) is 4. The number of hydrogen-bond acceptors (Lipinski definition) is 4. The molecule has 122 valence electrons. The summed E-state index contributed by atoms with van der Waals surface area (Å²) >= 11 is 0. The predicted molar refractivity (Wildman–Crippen MR) is 88.6 cm³/mol. The highest BCUT2D eigenvalue weighted by molar-refractivity contribution is 5.94. The Morgan fingerprint density at radius 1 is 1.12 bits per heavy atom. The minimum atomic E-state index is -0.185. The van der Waals surface area contributed by atoms with Crippen molar-refractivity contribution in [1.29, 1.82) is 0 Å². The zero-order valence-corrected chi connectivity index (χ0v) is 13.0. The van der Waals surface area contributed by atoms with Gasteiger partial charge in [-0.2, -0.15) is 5.10 Å². The molecule has 2 heterocycles. The summed E-state index contributed by atoms with van der Waals surface area (Å²) in [7, 11) is 0. The summed E-state index contributed by atoms with van der Waals surface area (Å²) in [6.07, 6.45) is 6.91. The van der Waals surface area contributed by atoms with Gasteiger partial charge < -0.3 is 9.88 Å². The Kier molecular flexibility index (Phi) is 4.81. The van der Waals surface area contributed by atoms with Gasteiger partial charge in [-0.3, -0.25) is 9.59 Å². The van der Waals surface area contributed by atoms with Gasteiger partial charge in [-0.05, 0) is 23.8 Å². The summed E-state index contributed by atoms with van der Waals surface area (Å²) < 4.78 is 3.27. The molecule has 3 rings (SSSR count). The Hall–Kier alpha value is -3.22. The molecule has 0 spiro atoms. The molecule has 1 amide bonds. The van der Waals surface area contributed by atoms with Gasteiger partial charge in [-0.25, -0.2) is 9.67 Å². The van der Waals surface area contributed by atoms with Crippen molar-refractivity contribution in [1.82, 2.24) is 24.6 Å². The third-order valence-corrected chi connectivity index (χ3v) is 3.53. The lowest BCUT2D eigenvalue weighted by Crippen LogP contribution is -2.31. The van der Waals surface area contributed by atoms with E-state index in [1.807, 2.05) is 22.9 Å². The highest BCUT2D eigenvalue weighted by Crippen LogP contribution is 2.06. The van der Waals surface area contributed by atoms with Crippen LogP contribution in [0.2, 0.25) is 0 Å². The molecule has 0 unspecified atom stereocenters. The second-order valence-corrected chi connectivity index (χ2v) is 5.27. The van der Waals surface area contributed by atoms with Gasteiger partial charge >= 0.3 is 0 Å². The topological polar surface area (TPSA) is 81.8 Å². The second-order valence-electron chi connectivity index (χ2n) is 5.27. The van der Waals surface area contributed by atoms with Crippen LogP contribution in [0, 0.1) is 0 Å². The number of amides is 1. The fraction of sp³-hybridized carbons (Fsp3) is 0.176. The van der Waals surface area contributed by atoms with Crippen LogP contribution >= 0.6 is 0 Å². The number of benzene rings is 1. The summed E-state index contributed by atoms with van der Waals surface area (Å²) in [5.74, 6) is -0.173. The summed E-state index contributed by atoms with van der Waals surface area (Å²) in [6, 6.07) is 10.4. The SMILES string of the molecule is O=C(NCCn1ncccc1=O)c1ccc(Cn2ccnc2)cc1. The van der Waals surface area contributed by atoms with E-state index in [-0.39, 0.29) is 11.5 Å². The summed E-state index contributed by atoms with van der Waals surface area (Å²) in [5.41, 5.74) is 1.48. The van der Waals surface area contributed by atoms with E-state index in [2.05, 4.69) is 15.4 Å². The van der Waals surface area contributed by atoms with Crippen LogP contribution in [-0.2, 0) is 13.1 Å². The van der Waals surface area contributed by atoms with Gasteiger partial charge in [0.05, 0.1) is 12.9 Å². The van der Waals surface area contributed by atoms with E-state index in [0.29, 0.717) is 25.2 Å². The monoisotopic (exact) mass is 323 g/mol. The lowest BCUT2D eigenvalue weighted by Gasteiger charge is -2.07. The average molecular weight is 323 g/mol. The average Bonchev–Trinajstić information content (AvgIpc) is 3.10. The first kappa shape index (κ1) is 15.7. The van der Waals surface area contributed by atoms with Gasteiger partial charge in [-0.1, -0.05) is 12.1 Å². The van der Waals surface area contributed by atoms with Crippen LogP contribution < -0.4 is 10.9 Å². The number of carbonyl (C=O) groups is 1. The van der Waals surface area contributed by atoms with Crippen LogP contribution in [0.25, 0.3) is 0 Å². The molecular formula is C17H17N5O2. The number of hydrogen-bond donors (Lipinski definition) is 1. The molecule has 0 radical (unpaired) electrons. The number of rotatable bonds is 6. The Balaban J connectivity index is 1.53. The first-order chi connectivity index (χ1) is 11.7. The molecule has 1 N–H and O–H groups in total. The van der Waals surface area contributed by atoms with E-state index in [9.17, 15) is 9.59 Å². The molecule has 0 aliphatic carbocycles. The molecule has 0 saturated heterocycles. The Morgan fingerprint density at radius 3 is 2.67 bits per heavy atom. The maximum atomic E-state index is 12.1. The maximum absolute atomic E-state index is 12.1. The summed E-state index contributed by atoms with van der Waals surface area (Å²) in [4.78, 5) is 27.6. The molecular weight excluding hydrogens is 306 g/mol. The largest absolute Gasteiger partial charge is 0.350 e. The van der Waals surface area contributed by atoms with Crippen LogP contribution in [0.15, 0.2) is 66.1 Å². The third kappa shape index (κ3) is 3.95. The zero-order chi connectivity index (χ0) is 16.8. The number of carbonyl (C=O) groups excluding carboxylic acids is 1. The fourth-order valence-electron chi connectivity index (χ4n) is 2.29. The van der Waals surface area contributed by atoms with E-state index >= 15 is 0 Å². The van der Waals surface area contributed by atoms with Crippen molar-refractivity contribution in [3.05, 3.63) is 82.8 Å². The van der Waals surface area contributed by atoms with E-state index < -0.39 is 0 Å². The number of nitrogens with one attached hydrogen (secondary N) is 1. The second kappa shape index (κ2) is 7.36. The standard InChI is InChI=1S/C17H17N5O2/c23-16-2-1-7-20-22(16)11-9-19-17(24)15-5-3-14(4-6-15)12-21-10-8-18-13-21/h1-8,10,13H,9,11-12H2,(H,19,24). The van der Waals surface area contributed by atoms with Crippen molar-refractivity contribution in [2.75, 3.05) is 6.54 Å². The van der Waals surface area contributed by atoms with Gasteiger partial charge in [0.15, 0.2) is 0 Å². The highest BCUT2D eigenvalue weighted by atomic mass is 16.1. The molecule has 0 atom stereocenters. The van der Waals surface area contributed by atoms with Gasteiger partial charge in [0.25, 0.3) is 11.5 Å². The van der Waals surface area contributed by atoms with Gasteiger partial charge in [0.2, 0.25) is 0 Å². The normalized spacial score (nSPS) is 10.5. The molecule has 1 aromatic carbocycles. The molecule has 0 aliphatic rings. The quantitative estimate of drug-likeness (QED) is 0.731. The molecule has 7 nitrogen and oxygen atoms in total. The lowest BCUT2D eigenvalue weighted by molar-refractivity contribution is 0.0951. The summed E-state index contributed by atoms with van der Waals surface area (Å²) in [5, 5.41) is 6.73. The zero-order valence-electron chi connectivity index (χ0n) is 13.0. The van der Waals surface area contributed by atoms with Crippen molar-refractivity contribution < 1.29 is 4.79 Å². The first-order valence-corrected chi connectivity index (χ1v) is 7.57. The van der Waals surface area contributed by atoms with Crippen LogP contribution in [0.4, 0.5) is 0 Å². The van der Waals surface area contributed by atoms with Crippen molar-refractivity contribution in [3.8, 4) is 0 Å². The fourth-order valence-corrected chi connectivity index (χ4v) is 2.29. The Bertz CT molecular complexity index is 853. The molecule has 0 bridgehead atoms. The smallest absolute Gasteiger partial charge is 0.266 e. The summed E-state index contributed by atoms with van der Waals surface area (Å²) in [6.45, 7) is 1.39. The minimum absolute atomic E-state index is 0.173. The number of aromatic nitrogens is 4. The third-order valence-electron chi connectivity index (χ3n) is 3.53. The molecule has 0 saturated carbocycles. The highest BCUT2D eigenvalue weighted by Gasteiger charge is 2.05. The molecule has 24 heavy (non-hydrogen) atoms. The van der Waals surface area contributed by atoms with E-state index in [0.717, 1.165) is 5.56 Å². The van der Waals surface area contributed by atoms with Crippen molar-refractivity contribution in [2.24, 2.45) is 0 Å². The minimum Gasteiger partial charge on any atom is -0.350 e. The van der Waals surface area contributed by atoms with Crippen LogP contribution in [0.5, 0.6) is 0 Å². The van der Waals surface area contributed by atoms with Crippen molar-refractivity contribution in [2.45, 2.75) is 13.1 Å². The molecule has 0 fully saturated rings. The molecule has 0 aliphatic heterocycles. The number of imidazole rings is 1. The molecule has 7 heteroatoms. The van der Waals surface area contributed by atoms with E-state index in [4.69, 9.17) is 0 Å². The maximum Gasteiger partial charge on any atom is 0.266 e. The van der Waals surface area contributed by atoms with Gasteiger partial charge in [0.1, 0.15) is 0 Å². The molecule has 3 aromatic rings. The first-order valence-electron chi connectivity index (χ1n) is 7.57. The van der Waals surface area contributed by atoms with Gasteiger partial charge in [0, 0.05) is 43.3 Å². The Morgan fingerprint density at radius 2 is 1.96 bits per heavy atom.